The van der Waals surface area contributed by atoms with Crippen LogP contribution in [0.4, 0.5) is 30.7 Å². The third kappa shape index (κ3) is 5.54. The summed E-state index contributed by atoms with van der Waals surface area (Å²) in [7, 11) is 0. The van der Waals surface area contributed by atoms with Gasteiger partial charge < -0.3 is 4.74 Å². The Morgan fingerprint density at radius 2 is 1.35 bits per heavy atom. The van der Waals surface area contributed by atoms with Crippen LogP contribution in [0.1, 0.15) is 56.1 Å². The Kier molecular flexibility index (Phi) is 8.06. The normalized spacial score (nSPS) is 17.4. The lowest BCUT2D eigenvalue weighted by Crippen LogP contribution is -2.20. The van der Waals surface area contributed by atoms with E-state index in [4.69, 9.17) is 4.74 Å². The van der Waals surface area contributed by atoms with Gasteiger partial charge in [-0.15, -0.1) is 0 Å². The van der Waals surface area contributed by atoms with Crippen molar-refractivity contribution in [2.75, 3.05) is 6.61 Å². The Morgan fingerprint density at radius 1 is 0.700 bits per heavy atom. The highest BCUT2D eigenvalue weighted by Gasteiger charge is 2.27. The predicted octanol–water partition coefficient (Wildman–Crippen LogP) is 9.79. The van der Waals surface area contributed by atoms with E-state index >= 15 is 4.39 Å². The van der Waals surface area contributed by atoms with E-state index < -0.39 is 57.6 Å². The van der Waals surface area contributed by atoms with Crippen LogP contribution in [0.5, 0.6) is 5.75 Å². The Hall–Kier alpha value is -3.55. The van der Waals surface area contributed by atoms with Crippen LogP contribution in [0.3, 0.4) is 0 Å². The Morgan fingerprint density at radius 3 is 1.98 bits per heavy atom. The average molecular weight is 561 g/mol. The van der Waals surface area contributed by atoms with E-state index in [1.807, 2.05) is 13.0 Å². The standard InChI is InChI=1S/C32H27F7O/c1-2-3-17-6-9-23-21(10-17)13-28(37)32(30(23)38)40-16-18-4-7-19(8-5-18)20-11-24(33)29(25(34)12-20)22-14-26(35)31(39)27(36)15-22/h6,9-15,18-19H,2-5,7-8,16H2,1H3. The fraction of sp³-hybridized carbons (Fsp3) is 0.312. The van der Waals surface area contributed by atoms with Gasteiger partial charge in [-0.25, -0.2) is 30.7 Å². The lowest BCUT2D eigenvalue weighted by atomic mass is 9.78. The molecule has 1 saturated carbocycles. The minimum Gasteiger partial charge on any atom is -0.487 e. The zero-order chi connectivity index (χ0) is 28.6. The van der Waals surface area contributed by atoms with Crippen LogP contribution in [0.2, 0.25) is 0 Å². The third-order valence-electron chi connectivity index (χ3n) is 7.71. The molecule has 0 heterocycles. The Balaban J connectivity index is 1.25. The van der Waals surface area contributed by atoms with Gasteiger partial charge in [-0.1, -0.05) is 31.5 Å². The molecule has 0 aromatic heterocycles. The fourth-order valence-electron chi connectivity index (χ4n) is 5.60. The second-order valence-electron chi connectivity index (χ2n) is 10.4. The van der Waals surface area contributed by atoms with E-state index in [-0.39, 0.29) is 18.4 Å². The lowest BCUT2D eigenvalue weighted by molar-refractivity contribution is 0.188. The van der Waals surface area contributed by atoms with Crippen LogP contribution in [-0.2, 0) is 6.42 Å². The van der Waals surface area contributed by atoms with E-state index in [1.54, 1.807) is 12.1 Å². The van der Waals surface area contributed by atoms with Crippen molar-refractivity contribution in [2.24, 2.45) is 5.92 Å². The summed E-state index contributed by atoms with van der Waals surface area (Å²) in [6, 6.07) is 9.89. The zero-order valence-corrected chi connectivity index (χ0v) is 21.8. The molecule has 4 aromatic rings. The van der Waals surface area contributed by atoms with Gasteiger partial charge >= 0.3 is 0 Å². The molecule has 5 rings (SSSR count). The van der Waals surface area contributed by atoms with Crippen molar-refractivity contribution in [2.45, 2.75) is 51.4 Å². The Labute approximate surface area is 227 Å². The molecule has 0 atom stereocenters. The highest BCUT2D eigenvalue weighted by molar-refractivity contribution is 5.85. The summed E-state index contributed by atoms with van der Waals surface area (Å²) in [5.41, 5.74) is 0.333. The van der Waals surface area contributed by atoms with Crippen molar-refractivity contribution >= 4 is 10.8 Å². The molecule has 0 unspecified atom stereocenters. The molecule has 4 aromatic carbocycles. The largest absolute Gasteiger partial charge is 0.487 e. The van der Waals surface area contributed by atoms with E-state index in [0.29, 0.717) is 54.2 Å². The van der Waals surface area contributed by atoms with Crippen molar-refractivity contribution < 1.29 is 35.5 Å². The van der Waals surface area contributed by atoms with Crippen LogP contribution in [0, 0.1) is 46.6 Å². The quantitative estimate of drug-likeness (QED) is 0.162. The molecule has 0 saturated heterocycles. The maximum atomic E-state index is 15.1. The van der Waals surface area contributed by atoms with Crippen LogP contribution >= 0.6 is 0 Å². The number of benzene rings is 4. The molecule has 0 bridgehead atoms. The number of hydrogen-bond acceptors (Lipinski definition) is 1. The molecule has 1 nitrogen and oxygen atoms in total. The first-order valence-electron chi connectivity index (χ1n) is 13.3. The molecular formula is C32H27F7O. The average Bonchev–Trinajstić information content (AvgIpc) is 2.91. The minimum absolute atomic E-state index is 0.00295. The summed E-state index contributed by atoms with van der Waals surface area (Å²) < 4.78 is 106. The second kappa shape index (κ2) is 11.5. The van der Waals surface area contributed by atoms with E-state index in [2.05, 4.69) is 0 Å². The third-order valence-corrected chi connectivity index (χ3v) is 7.71. The monoisotopic (exact) mass is 560 g/mol. The fourth-order valence-corrected chi connectivity index (χ4v) is 5.60. The molecule has 0 N–H and O–H groups in total. The van der Waals surface area contributed by atoms with Crippen LogP contribution in [0.15, 0.2) is 48.5 Å². The molecule has 0 spiro atoms. The molecule has 1 aliphatic rings. The maximum Gasteiger partial charge on any atom is 0.194 e. The first-order valence-corrected chi connectivity index (χ1v) is 13.3. The number of aryl methyl sites for hydroxylation is 1. The van der Waals surface area contributed by atoms with E-state index in [9.17, 15) is 26.3 Å². The topological polar surface area (TPSA) is 9.23 Å². The van der Waals surface area contributed by atoms with E-state index in [0.717, 1.165) is 30.5 Å². The van der Waals surface area contributed by atoms with Gasteiger partial charge in [-0.2, -0.15) is 0 Å². The van der Waals surface area contributed by atoms with Crippen molar-refractivity contribution in [3.05, 3.63) is 100 Å². The first kappa shape index (κ1) is 28.0. The zero-order valence-electron chi connectivity index (χ0n) is 21.8. The number of fused-ring (bicyclic) bond motifs is 1. The van der Waals surface area contributed by atoms with Gasteiger partial charge in [0.05, 0.1) is 12.2 Å². The second-order valence-corrected chi connectivity index (χ2v) is 10.4. The van der Waals surface area contributed by atoms with Gasteiger partial charge in [-0.3, -0.25) is 0 Å². The van der Waals surface area contributed by atoms with Crippen molar-refractivity contribution in [3.63, 3.8) is 0 Å². The molecule has 1 aliphatic carbocycles. The highest BCUT2D eigenvalue weighted by Crippen LogP contribution is 2.39. The maximum absolute atomic E-state index is 15.1. The van der Waals surface area contributed by atoms with Crippen LogP contribution in [-0.4, -0.2) is 6.61 Å². The SMILES string of the molecule is CCCc1ccc2c(F)c(OCC3CCC(c4cc(F)c(-c5cc(F)c(F)c(F)c5)c(F)c4)CC3)c(F)cc2c1. The van der Waals surface area contributed by atoms with Crippen LogP contribution in [0.25, 0.3) is 21.9 Å². The molecule has 8 heteroatoms. The molecule has 0 amide bonds. The Bertz CT molecular complexity index is 1510. The molecule has 0 radical (unpaired) electrons. The summed E-state index contributed by atoms with van der Waals surface area (Å²) >= 11 is 0. The van der Waals surface area contributed by atoms with Crippen molar-refractivity contribution in [1.82, 2.24) is 0 Å². The van der Waals surface area contributed by atoms with Gasteiger partial charge in [0.15, 0.2) is 34.8 Å². The van der Waals surface area contributed by atoms with Crippen molar-refractivity contribution in [1.29, 1.82) is 0 Å². The van der Waals surface area contributed by atoms with E-state index in [1.165, 1.54) is 6.07 Å². The first-order chi connectivity index (χ1) is 19.2. The lowest BCUT2D eigenvalue weighted by Gasteiger charge is -2.29. The summed E-state index contributed by atoms with van der Waals surface area (Å²) in [6.45, 7) is 2.13. The number of rotatable bonds is 7. The van der Waals surface area contributed by atoms with Gasteiger partial charge in [0.25, 0.3) is 0 Å². The summed E-state index contributed by atoms with van der Waals surface area (Å²) in [4.78, 5) is 0. The molecule has 0 aliphatic heterocycles. The minimum atomic E-state index is -1.71. The number of ether oxygens (including phenoxy) is 1. The van der Waals surface area contributed by atoms with Gasteiger partial charge in [-0.05, 0) is 96.3 Å². The van der Waals surface area contributed by atoms with Gasteiger partial charge in [0, 0.05) is 5.39 Å². The molecule has 210 valence electrons. The van der Waals surface area contributed by atoms with Crippen molar-refractivity contribution in [3.8, 4) is 16.9 Å². The van der Waals surface area contributed by atoms with Gasteiger partial charge in [0.1, 0.15) is 11.6 Å². The predicted molar refractivity (Wildman–Crippen MR) is 140 cm³/mol. The summed E-state index contributed by atoms with van der Waals surface area (Å²) in [6.07, 6.45) is 4.09. The number of halogens is 7. The summed E-state index contributed by atoms with van der Waals surface area (Å²) in [5, 5.41) is 0.771. The highest BCUT2D eigenvalue weighted by atomic mass is 19.2. The molecule has 1 fully saturated rings. The van der Waals surface area contributed by atoms with Gasteiger partial charge in [0.2, 0.25) is 0 Å². The molecule has 40 heavy (non-hydrogen) atoms. The number of hydrogen-bond donors (Lipinski definition) is 0. The van der Waals surface area contributed by atoms with Crippen LogP contribution < -0.4 is 4.74 Å². The summed E-state index contributed by atoms with van der Waals surface area (Å²) in [5.74, 6) is -8.90. The smallest absolute Gasteiger partial charge is 0.194 e. The molecular weight excluding hydrogens is 533 g/mol.